The molecule has 7 nitrogen and oxygen atoms in total. The third-order valence-corrected chi connectivity index (χ3v) is 8.47. The number of esters is 1. The zero-order valence-electron chi connectivity index (χ0n) is 19.7. The Morgan fingerprint density at radius 3 is 2.31 bits per heavy atom. The fourth-order valence-corrected chi connectivity index (χ4v) is 6.55. The van der Waals surface area contributed by atoms with Crippen LogP contribution in [0.3, 0.4) is 0 Å². The summed E-state index contributed by atoms with van der Waals surface area (Å²) in [6.45, 7) is 1.89. The number of sulfonamides is 1. The highest BCUT2D eigenvalue weighted by atomic mass is 32.2. The van der Waals surface area contributed by atoms with Crippen LogP contribution < -0.4 is 4.74 Å². The van der Waals surface area contributed by atoms with Crippen LogP contribution in [0.1, 0.15) is 28.4 Å². The largest absolute Gasteiger partial charge is 0.497 e. The molecule has 8 heteroatoms. The Morgan fingerprint density at radius 2 is 1.66 bits per heavy atom. The van der Waals surface area contributed by atoms with Crippen LogP contribution in [0.2, 0.25) is 0 Å². The minimum atomic E-state index is -4.09. The maximum atomic E-state index is 14.1. The molecule has 1 N–H and O–H groups in total. The van der Waals surface area contributed by atoms with Gasteiger partial charge in [-0.3, -0.25) is 4.79 Å². The molecule has 0 saturated carbocycles. The predicted molar refractivity (Wildman–Crippen MR) is 133 cm³/mol. The van der Waals surface area contributed by atoms with Crippen LogP contribution in [0.4, 0.5) is 0 Å². The molecule has 2 unspecified atom stereocenters. The summed E-state index contributed by atoms with van der Waals surface area (Å²) in [7, 11) is -1.23. The number of nitrogens with one attached hydrogen (secondary N) is 1. The van der Waals surface area contributed by atoms with Crippen LogP contribution in [-0.4, -0.2) is 43.9 Å². The minimum Gasteiger partial charge on any atom is -0.497 e. The number of H-pyrrole nitrogens is 1. The number of rotatable bonds is 5. The summed E-state index contributed by atoms with van der Waals surface area (Å²) in [5.74, 6) is 0.0500. The summed E-state index contributed by atoms with van der Waals surface area (Å²) in [5, 5.41) is 0.960. The molecule has 1 aliphatic rings. The maximum Gasteiger partial charge on any atom is 0.324 e. The van der Waals surface area contributed by atoms with E-state index in [0.717, 1.165) is 27.7 Å². The van der Waals surface area contributed by atoms with E-state index in [2.05, 4.69) is 4.98 Å². The van der Waals surface area contributed by atoms with E-state index in [1.807, 2.05) is 43.3 Å². The monoisotopic (exact) mass is 490 g/mol. The second kappa shape index (κ2) is 8.87. The highest BCUT2D eigenvalue weighted by Gasteiger charge is 2.48. The molecule has 0 aliphatic carbocycles. The predicted octanol–water partition coefficient (Wildman–Crippen LogP) is 4.36. The molecule has 0 amide bonds. The second-order valence-electron chi connectivity index (χ2n) is 8.63. The number of hydrogen-bond donors (Lipinski definition) is 1. The van der Waals surface area contributed by atoms with Crippen molar-refractivity contribution in [3.8, 4) is 5.75 Å². The normalized spacial score (nSPS) is 18.3. The molecule has 4 aromatic rings. The zero-order valence-corrected chi connectivity index (χ0v) is 20.5. The first-order valence-electron chi connectivity index (χ1n) is 11.3. The molecular formula is C27H26N2O5S. The average Bonchev–Trinajstić information content (AvgIpc) is 3.26. The molecule has 3 aromatic carbocycles. The van der Waals surface area contributed by atoms with E-state index in [4.69, 9.17) is 9.47 Å². The van der Waals surface area contributed by atoms with Gasteiger partial charge in [0.15, 0.2) is 0 Å². The zero-order chi connectivity index (χ0) is 24.7. The molecule has 2 heterocycles. The molecule has 0 saturated heterocycles. The summed E-state index contributed by atoms with van der Waals surface area (Å²) in [6, 6.07) is 19.9. The summed E-state index contributed by atoms with van der Waals surface area (Å²) < 4.78 is 40.0. The van der Waals surface area contributed by atoms with E-state index < -0.39 is 28.1 Å². The van der Waals surface area contributed by atoms with Crippen LogP contribution in [-0.2, 0) is 26.0 Å². The van der Waals surface area contributed by atoms with Gasteiger partial charge in [0.05, 0.1) is 25.2 Å². The van der Waals surface area contributed by atoms with E-state index in [9.17, 15) is 13.2 Å². The summed E-state index contributed by atoms with van der Waals surface area (Å²) in [4.78, 5) is 16.7. The summed E-state index contributed by atoms with van der Waals surface area (Å²) in [6.07, 6.45) is 0.198. The van der Waals surface area contributed by atoms with E-state index in [0.29, 0.717) is 11.3 Å². The van der Waals surface area contributed by atoms with Gasteiger partial charge < -0.3 is 14.5 Å². The Kier molecular flexibility index (Phi) is 5.86. The lowest BCUT2D eigenvalue weighted by atomic mass is 9.90. The number of fused-ring (bicyclic) bond motifs is 3. The fourth-order valence-electron chi connectivity index (χ4n) is 4.83. The number of nitrogens with zero attached hydrogens (tertiary/aromatic N) is 1. The number of benzene rings is 3. The molecule has 1 aliphatic heterocycles. The fraction of sp³-hybridized carbons (Fsp3) is 0.222. The van der Waals surface area contributed by atoms with Gasteiger partial charge >= 0.3 is 5.97 Å². The van der Waals surface area contributed by atoms with Gasteiger partial charge in [-0.25, -0.2) is 8.42 Å². The summed E-state index contributed by atoms with van der Waals surface area (Å²) >= 11 is 0. The lowest BCUT2D eigenvalue weighted by Gasteiger charge is -2.39. The number of aryl methyl sites for hydroxylation is 1. The Morgan fingerprint density at radius 1 is 0.971 bits per heavy atom. The Hall–Kier alpha value is -3.62. The highest BCUT2D eigenvalue weighted by Crippen LogP contribution is 2.44. The number of aromatic nitrogens is 1. The Balaban J connectivity index is 1.79. The molecule has 180 valence electrons. The lowest BCUT2D eigenvalue weighted by Crippen LogP contribution is -2.51. The van der Waals surface area contributed by atoms with Crippen molar-refractivity contribution in [2.24, 2.45) is 0 Å². The second-order valence-corrected chi connectivity index (χ2v) is 10.5. The topological polar surface area (TPSA) is 88.7 Å². The third kappa shape index (κ3) is 3.88. The van der Waals surface area contributed by atoms with Gasteiger partial charge in [0.25, 0.3) is 0 Å². The van der Waals surface area contributed by atoms with Crippen molar-refractivity contribution in [2.75, 3.05) is 14.2 Å². The van der Waals surface area contributed by atoms with Gasteiger partial charge in [0, 0.05) is 23.0 Å². The van der Waals surface area contributed by atoms with Gasteiger partial charge in [-0.2, -0.15) is 4.31 Å². The molecule has 2 atom stereocenters. The van der Waals surface area contributed by atoms with Crippen molar-refractivity contribution in [1.82, 2.24) is 9.29 Å². The molecular weight excluding hydrogens is 464 g/mol. The van der Waals surface area contributed by atoms with E-state index in [1.54, 1.807) is 43.5 Å². The van der Waals surface area contributed by atoms with Gasteiger partial charge in [-0.15, -0.1) is 0 Å². The van der Waals surface area contributed by atoms with Crippen LogP contribution in [0.15, 0.2) is 77.7 Å². The van der Waals surface area contributed by atoms with E-state index in [1.165, 1.54) is 11.4 Å². The van der Waals surface area contributed by atoms with Crippen molar-refractivity contribution in [1.29, 1.82) is 0 Å². The molecule has 5 rings (SSSR count). The lowest BCUT2D eigenvalue weighted by molar-refractivity contribution is -0.145. The molecule has 0 spiro atoms. The van der Waals surface area contributed by atoms with Crippen molar-refractivity contribution in [3.05, 3.63) is 95.2 Å². The quantitative estimate of drug-likeness (QED) is 0.420. The number of carbonyl (C=O) groups is 1. The smallest absolute Gasteiger partial charge is 0.324 e. The number of carbonyl (C=O) groups excluding carboxylic acids is 1. The van der Waals surface area contributed by atoms with Crippen molar-refractivity contribution >= 4 is 26.9 Å². The summed E-state index contributed by atoms with van der Waals surface area (Å²) in [5.41, 5.74) is 4.19. The van der Waals surface area contributed by atoms with Crippen molar-refractivity contribution < 1.29 is 22.7 Å². The average molecular weight is 491 g/mol. The first-order chi connectivity index (χ1) is 16.8. The van der Waals surface area contributed by atoms with Crippen molar-refractivity contribution in [3.63, 3.8) is 0 Å². The van der Waals surface area contributed by atoms with E-state index in [-0.39, 0.29) is 11.3 Å². The number of ether oxygens (including phenoxy) is 2. The Bertz CT molecular complexity index is 1490. The first-order valence-corrected chi connectivity index (χ1v) is 12.7. The van der Waals surface area contributed by atoms with E-state index >= 15 is 0 Å². The van der Waals surface area contributed by atoms with Crippen LogP contribution in [0.25, 0.3) is 10.9 Å². The van der Waals surface area contributed by atoms with Crippen LogP contribution >= 0.6 is 0 Å². The molecule has 0 bridgehead atoms. The Labute approximate surface area is 204 Å². The van der Waals surface area contributed by atoms with Crippen molar-refractivity contribution in [2.45, 2.75) is 30.3 Å². The maximum absolute atomic E-state index is 14.1. The van der Waals surface area contributed by atoms with Gasteiger partial charge in [-0.05, 0) is 48.4 Å². The third-order valence-electron chi connectivity index (χ3n) is 6.58. The highest BCUT2D eigenvalue weighted by molar-refractivity contribution is 7.89. The number of hydrogen-bond acceptors (Lipinski definition) is 5. The SMILES string of the molecule is COC(=O)C1Cc2c([nH]c3ccccc23)C(c2ccc(OC)cc2)N1S(=O)(=O)c1ccc(C)cc1. The number of para-hydroxylation sites is 1. The molecule has 1 aromatic heterocycles. The van der Waals surface area contributed by atoms with Crippen LogP contribution in [0, 0.1) is 6.92 Å². The molecule has 35 heavy (non-hydrogen) atoms. The number of methoxy groups -OCH3 is 2. The standard InChI is InChI=1S/C27H26N2O5S/c1-17-8-14-20(15-9-17)35(31,32)29-24(27(30)34-3)16-22-21-6-4-5-7-23(21)28-25(22)26(29)18-10-12-19(33-2)13-11-18/h4-15,24,26,28H,16H2,1-3H3. The van der Waals surface area contributed by atoms with Gasteiger partial charge in [-0.1, -0.05) is 48.0 Å². The molecule has 0 radical (unpaired) electrons. The molecule has 0 fully saturated rings. The van der Waals surface area contributed by atoms with Gasteiger partial charge in [0.2, 0.25) is 10.0 Å². The minimum absolute atomic E-state index is 0.120. The number of aromatic amines is 1. The van der Waals surface area contributed by atoms with Gasteiger partial charge in [0.1, 0.15) is 11.8 Å². The van der Waals surface area contributed by atoms with Crippen LogP contribution in [0.5, 0.6) is 5.75 Å². The first kappa shape index (κ1) is 23.1.